The molecule has 1 aromatic rings. The summed E-state index contributed by atoms with van der Waals surface area (Å²) in [5.41, 5.74) is 0.769. The minimum Gasteiger partial charge on any atom is -0.396 e. The molecule has 1 aromatic carbocycles. The van der Waals surface area contributed by atoms with Crippen LogP contribution in [0, 0.1) is 11.8 Å². The van der Waals surface area contributed by atoms with Crippen molar-refractivity contribution in [2.75, 3.05) is 31.1 Å². The number of rotatable bonds is 11. The third-order valence-electron chi connectivity index (χ3n) is 9.14. The van der Waals surface area contributed by atoms with E-state index in [1.807, 2.05) is 35.2 Å². The fourth-order valence-corrected chi connectivity index (χ4v) is 11.1. The Bertz CT molecular complexity index is 1130. The highest BCUT2D eigenvalue weighted by Crippen LogP contribution is 2.68. The zero-order chi connectivity index (χ0) is 28.4. The molecule has 2 bridgehead atoms. The van der Waals surface area contributed by atoms with E-state index in [1.165, 1.54) is 6.42 Å². The van der Waals surface area contributed by atoms with Crippen LogP contribution in [-0.2, 0) is 14.4 Å². The molecule has 3 unspecified atom stereocenters. The molecule has 3 heterocycles. The molecule has 1 saturated carbocycles. The number of anilines is 1. The first-order valence-corrected chi connectivity index (χ1v) is 16.3. The highest BCUT2D eigenvalue weighted by molar-refractivity contribution is 9.09. The van der Waals surface area contributed by atoms with Crippen LogP contribution < -0.4 is 4.90 Å². The average Bonchev–Trinajstić information content (AvgIpc) is 3.56. The number of hydrogen-bond acceptors (Lipinski definition) is 5. The molecule has 4 aliphatic rings. The van der Waals surface area contributed by atoms with Crippen LogP contribution in [0.4, 0.5) is 5.69 Å². The van der Waals surface area contributed by atoms with Gasteiger partial charge in [0.15, 0.2) is 0 Å². The highest BCUT2D eigenvalue weighted by atomic mass is 79.9. The molecule has 1 aliphatic carbocycles. The normalized spacial score (nSPS) is 31.2. The second-order valence-electron chi connectivity index (χ2n) is 11.4. The molecule has 5 rings (SSSR count). The van der Waals surface area contributed by atoms with Crippen LogP contribution in [-0.4, -0.2) is 85.8 Å². The Morgan fingerprint density at radius 2 is 1.80 bits per heavy atom. The van der Waals surface area contributed by atoms with Crippen LogP contribution in [0.2, 0.25) is 0 Å². The monoisotopic (exact) mass is 629 g/mol. The lowest BCUT2D eigenvalue weighted by Gasteiger charge is -2.41. The van der Waals surface area contributed by atoms with E-state index in [0.717, 1.165) is 31.4 Å². The third kappa shape index (κ3) is 4.96. The van der Waals surface area contributed by atoms with Gasteiger partial charge in [-0.25, -0.2) is 0 Å². The van der Waals surface area contributed by atoms with Crippen molar-refractivity contribution in [1.82, 2.24) is 9.80 Å². The Morgan fingerprint density at radius 1 is 1.10 bits per heavy atom. The van der Waals surface area contributed by atoms with Gasteiger partial charge in [0.1, 0.15) is 6.04 Å². The van der Waals surface area contributed by atoms with Crippen LogP contribution in [0.3, 0.4) is 0 Å². The molecule has 7 nitrogen and oxygen atoms in total. The van der Waals surface area contributed by atoms with E-state index in [0.29, 0.717) is 32.5 Å². The molecule has 0 aromatic heterocycles. The van der Waals surface area contributed by atoms with Gasteiger partial charge in [-0.2, -0.15) is 0 Å². The smallest absolute Gasteiger partial charge is 0.247 e. The molecule has 0 radical (unpaired) electrons. The lowest BCUT2D eigenvalue weighted by atomic mass is 9.70. The molecule has 1 N–H and O–H groups in total. The van der Waals surface area contributed by atoms with E-state index in [-0.39, 0.29) is 40.4 Å². The van der Waals surface area contributed by atoms with Gasteiger partial charge in [-0.1, -0.05) is 65.5 Å². The summed E-state index contributed by atoms with van der Waals surface area (Å²) >= 11 is 5.54. The van der Waals surface area contributed by atoms with Crippen molar-refractivity contribution in [1.29, 1.82) is 0 Å². The van der Waals surface area contributed by atoms with Gasteiger partial charge in [-0.15, -0.1) is 24.9 Å². The number of benzene rings is 1. The zero-order valence-corrected chi connectivity index (χ0v) is 25.4. The fourth-order valence-electron chi connectivity index (χ4n) is 7.52. The van der Waals surface area contributed by atoms with Gasteiger partial charge in [-0.05, 0) is 37.8 Å². The standard InChI is InChI=1S/C31H40BrN3O4S/c1-3-16-33(21-12-7-5-8-13-21)28(37)24-25-29(38)35(18-11-19-36)27(31(25)20-23(32)26(24)40-31)30(39)34(17-4-2)22-14-9-6-10-15-22/h3-5,7-8,12-13,22-27,36H,1-2,6,9-11,14-20H2/t23?,24-,25-,26-,27?,31?/m0/s1. The lowest BCUT2D eigenvalue weighted by Crippen LogP contribution is -2.58. The summed E-state index contributed by atoms with van der Waals surface area (Å²) in [6.07, 6.45) is 9.80. The predicted molar refractivity (Wildman–Crippen MR) is 163 cm³/mol. The fraction of sp³-hybridized carbons (Fsp3) is 0.581. The van der Waals surface area contributed by atoms with E-state index < -0.39 is 22.6 Å². The Balaban J connectivity index is 1.54. The molecule has 3 aliphatic heterocycles. The van der Waals surface area contributed by atoms with Crippen LogP contribution in [0.5, 0.6) is 0 Å². The Hall–Kier alpha value is -2.10. The second kappa shape index (κ2) is 12.4. The first-order chi connectivity index (χ1) is 19.4. The number of halogens is 1. The maximum absolute atomic E-state index is 14.6. The number of para-hydroxylation sites is 1. The largest absolute Gasteiger partial charge is 0.396 e. The second-order valence-corrected chi connectivity index (χ2v) is 14.1. The average molecular weight is 631 g/mol. The van der Waals surface area contributed by atoms with Crippen molar-refractivity contribution in [2.45, 2.75) is 71.9 Å². The zero-order valence-electron chi connectivity index (χ0n) is 23.0. The van der Waals surface area contributed by atoms with E-state index in [9.17, 15) is 19.5 Å². The summed E-state index contributed by atoms with van der Waals surface area (Å²) in [6, 6.07) is 8.97. The maximum atomic E-state index is 14.6. The molecule has 4 fully saturated rings. The summed E-state index contributed by atoms with van der Waals surface area (Å²) in [5, 5.41) is 9.56. The number of fused-ring (bicyclic) bond motifs is 1. The van der Waals surface area contributed by atoms with Gasteiger partial charge in [0.2, 0.25) is 17.7 Å². The van der Waals surface area contributed by atoms with Gasteiger partial charge < -0.3 is 19.8 Å². The van der Waals surface area contributed by atoms with Crippen molar-refractivity contribution in [2.24, 2.45) is 11.8 Å². The van der Waals surface area contributed by atoms with Crippen molar-refractivity contribution in [3.63, 3.8) is 0 Å². The van der Waals surface area contributed by atoms with E-state index in [1.54, 1.807) is 33.7 Å². The van der Waals surface area contributed by atoms with E-state index in [2.05, 4.69) is 29.1 Å². The van der Waals surface area contributed by atoms with Crippen LogP contribution in [0.25, 0.3) is 0 Å². The molecule has 6 atom stereocenters. The molecule has 40 heavy (non-hydrogen) atoms. The number of nitrogens with zero attached hydrogens (tertiary/aromatic N) is 3. The SMILES string of the molecule is C=CCN(C(=O)[C@H]1[C@H]2C(=O)N(CCCO)C(C(=O)N(CC=C)C3CCCCC3)C23CC(Br)[C@@H]1S3)c1ccccc1. The number of likely N-dealkylation sites (tertiary alicyclic amines) is 1. The number of alkyl halides is 1. The molecule has 3 saturated heterocycles. The third-order valence-corrected chi connectivity index (χ3v) is 12.4. The number of carbonyl (C=O) groups is 3. The van der Waals surface area contributed by atoms with Crippen molar-refractivity contribution in [3.8, 4) is 0 Å². The summed E-state index contributed by atoms with van der Waals surface area (Å²) < 4.78 is -0.701. The molecular weight excluding hydrogens is 590 g/mol. The van der Waals surface area contributed by atoms with Crippen molar-refractivity contribution < 1.29 is 19.5 Å². The maximum Gasteiger partial charge on any atom is 0.247 e. The molecule has 216 valence electrons. The van der Waals surface area contributed by atoms with Gasteiger partial charge in [0, 0.05) is 48.0 Å². The number of carbonyl (C=O) groups excluding carboxylic acids is 3. The van der Waals surface area contributed by atoms with Crippen molar-refractivity contribution >= 4 is 51.1 Å². The molecule has 1 spiro atoms. The van der Waals surface area contributed by atoms with Gasteiger partial charge >= 0.3 is 0 Å². The first kappa shape index (κ1) is 29.4. The summed E-state index contributed by atoms with van der Waals surface area (Å²) in [7, 11) is 0. The van der Waals surface area contributed by atoms with Crippen LogP contribution in [0.1, 0.15) is 44.9 Å². The lowest BCUT2D eigenvalue weighted by molar-refractivity contribution is -0.144. The number of aliphatic hydroxyl groups is 1. The van der Waals surface area contributed by atoms with E-state index in [4.69, 9.17) is 0 Å². The number of amides is 3. The first-order valence-electron chi connectivity index (χ1n) is 14.5. The highest BCUT2D eigenvalue weighted by Gasteiger charge is 2.76. The molecular formula is C31H40BrN3O4S. The van der Waals surface area contributed by atoms with Crippen LogP contribution >= 0.6 is 27.7 Å². The van der Waals surface area contributed by atoms with Gasteiger partial charge in [-0.3, -0.25) is 14.4 Å². The van der Waals surface area contributed by atoms with E-state index >= 15 is 0 Å². The Morgan fingerprint density at radius 3 is 2.45 bits per heavy atom. The topological polar surface area (TPSA) is 81.2 Å². The predicted octanol–water partition coefficient (Wildman–Crippen LogP) is 4.40. The summed E-state index contributed by atoms with van der Waals surface area (Å²) in [6.45, 7) is 8.82. The number of hydrogen-bond donors (Lipinski definition) is 1. The van der Waals surface area contributed by atoms with Crippen molar-refractivity contribution in [3.05, 3.63) is 55.6 Å². The Kier molecular flexibility index (Phi) is 9.12. The molecule has 3 amide bonds. The quantitative estimate of drug-likeness (QED) is 0.290. The van der Waals surface area contributed by atoms with Gasteiger partial charge in [0.05, 0.1) is 16.6 Å². The number of thioether (sulfide) groups is 1. The summed E-state index contributed by atoms with van der Waals surface area (Å²) in [5.74, 6) is -1.42. The minimum atomic E-state index is -0.701. The van der Waals surface area contributed by atoms with Crippen LogP contribution in [0.15, 0.2) is 55.6 Å². The Labute approximate surface area is 250 Å². The molecule has 9 heteroatoms. The van der Waals surface area contributed by atoms with Gasteiger partial charge in [0.25, 0.3) is 0 Å². The summed E-state index contributed by atoms with van der Waals surface area (Å²) in [4.78, 5) is 48.7. The minimum absolute atomic E-state index is 0.00693. The number of aliphatic hydroxyl groups excluding tert-OH is 1.